The lowest BCUT2D eigenvalue weighted by Crippen LogP contribution is -2.14. The highest BCUT2D eigenvalue weighted by Crippen LogP contribution is 2.25. The standard InChI is InChI=1S/C19H17ClN2OS2/c1-13-2-6-15(7-3-13)21-18(23)10-19-22-16(12-25-19)11-24-17-8-4-14(20)5-9-17/h2-9,12H,10-11H2,1H3,(H,21,23). The van der Waals surface area contributed by atoms with E-state index in [4.69, 9.17) is 11.6 Å². The zero-order valence-corrected chi connectivity index (χ0v) is 16.0. The van der Waals surface area contributed by atoms with Crippen molar-refractivity contribution in [2.24, 2.45) is 0 Å². The molecule has 1 N–H and O–H groups in total. The van der Waals surface area contributed by atoms with Gasteiger partial charge in [-0.2, -0.15) is 0 Å². The maximum Gasteiger partial charge on any atom is 0.231 e. The van der Waals surface area contributed by atoms with Gasteiger partial charge in [-0.1, -0.05) is 29.3 Å². The summed E-state index contributed by atoms with van der Waals surface area (Å²) in [6.45, 7) is 2.02. The van der Waals surface area contributed by atoms with E-state index in [0.29, 0.717) is 6.42 Å². The molecule has 0 atom stereocenters. The Kier molecular flexibility index (Phi) is 6.13. The SMILES string of the molecule is Cc1ccc(NC(=O)Cc2nc(CSc3ccc(Cl)cc3)cs2)cc1. The lowest BCUT2D eigenvalue weighted by atomic mass is 10.2. The van der Waals surface area contributed by atoms with Crippen molar-refractivity contribution in [1.29, 1.82) is 0 Å². The highest BCUT2D eigenvalue weighted by molar-refractivity contribution is 7.98. The summed E-state index contributed by atoms with van der Waals surface area (Å²) >= 11 is 9.11. The number of aryl methyl sites for hydroxylation is 1. The zero-order valence-electron chi connectivity index (χ0n) is 13.7. The summed E-state index contributed by atoms with van der Waals surface area (Å²) in [6.07, 6.45) is 0.296. The number of thioether (sulfide) groups is 1. The Bertz CT molecular complexity index is 845. The molecule has 25 heavy (non-hydrogen) atoms. The van der Waals surface area contributed by atoms with Gasteiger partial charge in [-0.3, -0.25) is 4.79 Å². The summed E-state index contributed by atoms with van der Waals surface area (Å²) in [4.78, 5) is 17.8. The molecule has 0 radical (unpaired) electrons. The summed E-state index contributed by atoms with van der Waals surface area (Å²) in [5, 5.41) is 6.48. The van der Waals surface area contributed by atoms with Crippen LogP contribution >= 0.6 is 34.7 Å². The predicted molar refractivity (Wildman–Crippen MR) is 107 cm³/mol. The molecular formula is C19H17ClN2OS2. The van der Waals surface area contributed by atoms with E-state index in [-0.39, 0.29) is 5.91 Å². The fraction of sp³-hybridized carbons (Fsp3) is 0.158. The molecule has 3 nitrogen and oxygen atoms in total. The van der Waals surface area contributed by atoms with Crippen molar-refractivity contribution in [3.63, 3.8) is 0 Å². The third-order valence-electron chi connectivity index (χ3n) is 3.45. The second-order valence-electron chi connectivity index (χ2n) is 5.57. The minimum Gasteiger partial charge on any atom is -0.326 e. The molecule has 0 saturated carbocycles. The first-order chi connectivity index (χ1) is 12.1. The number of hydrogen-bond acceptors (Lipinski definition) is 4. The monoisotopic (exact) mass is 388 g/mol. The first-order valence-corrected chi connectivity index (χ1v) is 10.0. The van der Waals surface area contributed by atoms with Gasteiger partial charge in [-0.15, -0.1) is 23.1 Å². The molecule has 0 aliphatic heterocycles. The molecule has 6 heteroatoms. The molecule has 0 bridgehead atoms. The summed E-state index contributed by atoms with van der Waals surface area (Å²) in [6, 6.07) is 15.5. The Hall–Kier alpha value is -1.82. The smallest absolute Gasteiger partial charge is 0.231 e. The van der Waals surface area contributed by atoms with Crippen molar-refractivity contribution in [2.45, 2.75) is 24.0 Å². The van der Waals surface area contributed by atoms with E-state index in [2.05, 4.69) is 10.3 Å². The van der Waals surface area contributed by atoms with Crippen LogP contribution < -0.4 is 5.32 Å². The van der Waals surface area contributed by atoms with Gasteiger partial charge in [0.25, 0.3) is 0 Å². The number of rotatable bonds is 6. The lowest BCUT2D eigenvalue weighted by molar-refractivity contribution is -0.115. The number of nitrogens with one attached hydrogen (secondary N) is 1. The number of benzene rings is 2. The molecule has 0 unspecified atom stereocenters. The van der Waals surface area contributed by atoms with Gasteiger partial charge in [-0.05, 0) is 43.3 Å². The molecule has 0 fully saturated rings. The van der Waals surface area contributed by atoms with Gasteiger partial charge in [-0.25, -0.2) is 4.98 Å². The number of thiazole rings is 1. The largest absolute Gasteiger partial charge is 0.326 e. The Morgan fingerprint density at radius 2 is 1.88 bits per heavy atom. The Balaban J connectivity index is 1.51. The van der Waals surface area contributed by atoms with Gasteiger partial charge >= 0.3 is 0 Å². The van der Waals surface area contributed by atoms with Crippen LogP contribution in [0, 0.1) is 6.92 Å². The van der Waals surface area contributed by atoms with Gasteiger partial charge in [0.1, 0.15) is 5.01 Å². The molecule has 0 saturated heterocycles. The van der Waals surface area contributed by atoms with E-state index in [9.17, 15) is 4.79 Å². The summed E-state index contributed by atoms with van der Waals surface area (Å²) < 4.78 is 0. The Morgan fingerprint density at radius 3 is 2.60 bits per heavy atom. The zero-order chi connectivity index (χ0) is 17.6. The lowest BCUT2D eigenvalue weighted by Gasteiger charge is -2.04. The average Bonchev–Trinajstić information content (AvgIpc) is 3.04. The van der Waals surface area contributed by atoms with Crippen LogP contribution in [0.3, 0.4) is 0 Å². The van der Waals surface area contributed by atoms with Crippen LogP contribution in [0.2, 0.25) is 5.02 Å². The maximum atomic E-state index is 12.1. The molecule has 2 aromatic carbocycles. The Morgan fingerprint density at radius 1 is 1.16 bits per heavy atom. The molecule has 3 rings (SSSR count). The number of aromatic nitrogens is 1. The molecule has 1 amide bonds. The average molecular weight is 389 g/mol. The van der Waals surface area contributed by atoms with Crippen molar-refractivity contribution < 1.29 is 4.79 Å². The van der Waals surface area contributed by atoms with Crippen LogP contribution in [0.5, 0.6) is 0 Å². The van der Waals surface area contributed by atoms with Crippen LogP contribution in [0.15, 0.2) is 58.8 Å². The fourth-order valence-corrected chi connectivity index (χ4v) is 3.98. The molecule has 0 aliphatic carbocycles. The number of carbonyl (C=O) groups excluding carboxylic acids is 1. The van der Waals surface area contributed by atoms with Crippen molar-refractivity contribution >= 4 is 46.3 Å². The number of halogens is 1. The van der Waals surface area contributed by atoms with Crippen molar-refractivity contribution in [3.05, 3.63) is 75.2 Å². The van der Waals surface area contributed by atoms with E-state index < -0.39 is 0 Å². The van der Waals surface area contributed by atoms with E-state index in [0.717, 1.165) is 32.1 Å². The number of anilines is 1. The molecule has 1 heterocycles. The topological polar surface area (TPSA) is 42.0 Å². The van der Waals surface area contributed by atoms with E-state index in [1.54, 1.807) is 11.8 Å². The number of amides is 1. The molecular weight excluding hydrogens is 372 g/mol. The van der Waals surface area contributed by atoms with E-state index in [1.165, 1.54) is 16.9 Å². The van der Waals surface area contributed by atoms with E-state index in [1.807, 2.05) is 60.8 Å². The fourth-order valence-electron chi connectivity index (χ4n) is 2.16. The van der Waals surface area contributed by atoms with E-state index >= 15 is 0 Å². The van der Waals surface area contributed by atoms with Gasteiger partial charge in [0, 0.05) is 26.7 Å². The highest BCUT2D eigenvalue weighted by atomic mass is 35.5. The Labute approximate surface area is 160 Å². The van der Waals surface area contributed by atoms with Crippen LogP contribution in [0.1, 0.15) is 16.3 Å². The maximum absolute atomic E-state index is 12.1. The minimum absolute atomic E-state index is 0.0462. The van der Waals surface area contributed by atoms with Crippen LogP contribution in [-0.4, -0.2) is 10.9 Å². The molecule has 3 aromatic rings. The highest BCUT2D eigenvalue weighted by Gasteiger charge is 2.09. The van der Waals surface area contributed by atoms with Gasteiger partial charge in [0.15, 0.2) is 0 Å². The minimum atomic E-state index is -0.0462. The van der Waals surface area contributed by atoms with Gasteiger partial charge in [0.2, 0.25) is 5.91 Å². The number of nitrogens with zero attached hydrogens (tertiary/aromatic N) is 1. The third-order valence-corrected chi connectivity index (χ3v) is 5.64. The van der Waals surface area contributed by atoms with Crippen molar-refractivity contribution in [2.75, 3.05) is 5.32 Å². The quantitative estimate of drug-likeness (QED) is 0.560. The third kappa shape index (κ3) is 5.59. The van der Waals surface area contributed by atoms with Gasteiger partial charge in [0.05, 0.1) is 12.1 Å². The normalized spacial score (nSPS) is 10.6. The number of hydrogen-bond donors (Lipinski definition) is 1. The van der Waals surface area contributed by atoms with Crippen LogP contribution in [-0.2, 0) is 17.0 Å². The molecule has 0 aliphatic rings. The predicted octanol–water partition coefficient (Wildman–Crippen LogP) is 5.58. The number of carbonyl (C=O) groups is 1. The second-order valence-corrected chi connectivity index (χ2v) is 7.99. The molecule has 0 spiro atoms. The molecule has 128 valence electrons. The first-order valence-electron chi connectivity index (χ1n) is 7.77. The van der Waals surface area contributed by atoms with Crippen LogP contribution in [0.4, 0.5) is 5.69 Å². The molecule has 1 aromatic heterocycles. The van der Waals surface area contributed by atoms with Crippen molar-refractivity contribution in [3.8, 4) is 0 Å². The van der Waals surface area contributed by atoms with Crippen molar-refractivity contribution in [1.82, 2.24) is 4.98 Å². The second kappa shape index (κ2) is 8.52. The van der Waals surface area contributed by atoms with Gasteiger partial charge < -0.3 is 5.32 Å². The summed E-state index contributed by atoms with van der Waals surface area (Å²) in [7, 11) is 0. The summed E-state index contributed by atoms with van der Waals surface area (Å²) in [5.41, 5.74) is 2.97. The summed E-state index contributed by atoms with van der Waals surface area (Å²) in [5.74, 6) is 0.729. The van der Waals surface area contributed by atoms with Crippen LogP contribution in [0.25, 0.3) is 0 Å². The first kappa shape index (κ1) is 18.0.